The molecule has 8 heteroatoms. The second-order valence-corrected chi connectivity index (χ2v) is 32.1. The van der Waals surface area contributed by atoms with Crippen LogP contribution in [-0.2, 0) is 38.1 Å². The molecule has 9 aliphatic carbocycles. The van der Waals surface area contributed by atoms with Crippen LogP contribution in [0.15, 0.2) is 0 Å². The summed E-state index contributed by atoms with van der Waals surface area (Å²) in [5, 5.41) is 0. The molecule has 0 spiro atoms. The average molecular weight is 1110 g/mol. The SMILES string of the molecule is CCC(C)(C)C(=O)OC1(C(C)C)CC2CC1C1C3CCC(C3)C21.CCC(C)(C)C(=O)OC1(C(C)C)CC2CCC1C2.CCC(C)(C)C(=O)OC1(C(C)C)CCC2CCCCC2C1.CCC(C)(C)C(=O)OC1(C(C)C)CCCCC1. The van der Waals surface area contributed by atoms with Gasteiger partial charge in [-0.3, -0.25) is 19.2 Å². The molecule has 0 amide bonds. The highest BCUT2D eigenvalue weighted by atomic mass is 16.6. The molecule has 0 aromatic heterocycles. The number of hydrogen-bond donors (Lipinski definition) is 0. The second kappa shape index (κ2) is 25.6. The molecule has 0 saturated heterocycles. The molecule has 8 nitrogen and oxygen atoms in total. The van der Waals surface area contributed by atoms with Gasteiger partial charge in [-0.15, -0.1) is 0 Å². The Morgan fingerprint density at radius 1 is 0.392 bits per heavy atom. The summed E-state index contributed by atoms with van der Waals surface area (Å²) in [6, 6.07) is 0. The van der Waals surface area contributed by atoms with Crippen molar-refractivity contribution in [2.24, 2.45) is 105 Å². The first kappa shape index (κ1) is 66.0. The lowest BCUT2D eigenvalue weighted by Crippen LogP contribution is -2.52. The number of ether oxygens (including phenoxy) is 4. The second-order valence-electron chi connectivity index (χ2n) is 32.1. The first-order valence-electron chi connectivity index (χ1n) is 33.7. The molecule has 9 aliphatic rings. The van der Waals surface area contributed by atoms with Gasteiger partial charge in [0.25, 0.3) is 0 Å². The third-order valence-electron chi connectivity index (χ3n) is 24.9. The number of carbonyl (C=O) groups excluding carboxylic acids is 4. The Bertz CT molecular complexity index is 2040. The zero-order valence-corrected chi connectivity index (χ0v) is 55.0. The summed E-state index contributed by atoms with van der Waals surface area (Å²) >= 11 is 0. The number of hydrogen-bond acceptors (Lipinski definition) is 8. The molecule has 0 aliphatic heterocycles. The van der Waals surface area contributed by atoms with E-state index in [1.165, 1.54) is 96.3 Å². The van der Waals surface area contributed by atoms with Crippen LogP contribution >= 0.6 is 0 Å². The standard InChI is InChI=1S/C21H34O2.C19H34O2.C16H28O2.C15H28O2/c1-6-20(4,5)19(22)23-21(12(2)3)11-15-10-16(21)18-14-8-7-13(9-14)17(15)18;1-6-18(4,5)17(20)21-19(14(2)3)12-11-15-9-7-8-10-16(15)13-19;1-6-15(4,5)14(17)18-16(11(2)3)10-12-7-8-13(16)9-12;1-6-14(4,5)13(16)17-15(12(2)3)10-8-7-9-11-15/h12-18H,6-11H2,1-5H3;14-16H,6-13H2,1-5H3;11-13H,6-10H2,1-5H3;12H,6-11H2,1-5H3. The van der Waals surface area contributed by atoms with E-state index in [2.05, 4.69) is 76.2 Å². The van der Waals surface area contributed by atoms with Gasteiger partial charge in [-0.1, -0.05) is 115 Å². The number of fused-ring (bicyclic) bond motifs is 12. The normalized spacial score (nSPS) is 35.1. The number of esters is 4. The maximum absolute atomic E-state index is 12.9. The van der Waals surface area contributed by atoms with Crippen LogP contribution < -0.4 is 0 Å². The summed E-state index contributed by atoms with van der Waals surface area (Å²) in [6.45, 7) is 42.1. The van der Waals surface area contributed by atoms with Gasteiger partial charge >= 0.3 is 23.9 Å². The molecular formula is C71H124O8. The fraction of sp³-hybridized carbons (Fsp3) is 0.944. The average Bonchev–Trinajstić information content (AvgIpc) is 4.36. The minimum absolute atomic E-state index is 0.00579. The molecule has 0 N–H and O–H groups in total. The molecule has 0 aromatic rings. The van der Waals surface area contributed by atoms with Gasteiger partial charge in [-0.2, -0.15) is 0 Å². The zero-order valence-electron chi connectivity index (χ0n) is 55.0. The van der Waals surface area contributed by atoms with Crippen LogP contribution in [0.4, 0.5) is 0 Å². The van der Waals surface area contributed by atoms with Crippen LogP contribution in [0.3, 0.4) is 0 Å². The molecule has 6 bridgehead atoms. The third-order valence-corrected chi connectivity index (χ3v) is 24.9. The smallest absolute Gasteiger partial charge is 0.312 e. The van der Waals surface area contributed by atoms with E-state index in [1.807, 2.05) is 62.3 Å². The van der Waals surface area contributed by atoms with Gasteiger partial charge in [0.1, 0.15) is 22.4 Å². The van der Waals surface area contributed by atoms with Crippen LogP contribution in [0, 0.1) is 105 Å². The monoisotopic (exact) mass is 1100 g/mol. The van der Waals surface area contributed by atoms with E-state index in [1.54, 1.807) is 0 Å². The molecule has 9 saturated carbocycles. The number of rotatable bonds is 16. The van der Waals surface area contributed by atoms with Crippen molar-refractivity contribution in [1.29, 1.82) is 0 Å². The van der Waals surface area contributed by atoms with Gasteiger partial charge in [0.15, 0.2) is 0 Å². The molecule has 0 radical (unpaired) electrons. The predicted molar refractivity (Wildman–Crippen MR) is 323 cm³/mol. The fourth-order valence-electron chi connectivity index (χ4n) is 17.2. The van der Waals surface area contributed by atoms with Crippen LogP contribution in [0.25, 0.3) is 0 Å². The number of carbonyl (C=O) groups is 4. The molecule has 9 rings (SSSR count). The molecule has 0 heterocycles. The summed E-state index contributed by atoms with van der Waals surface area (Å²) < 4.78 is 24.7. The maximum atomic E-state index is 12.9. The van der Waals surface area contributed by atoms with Gasteiger partial charge in [0.05, 0.1) is 21.7 Å². The Hall–Kier alpha value is -2.12. The summed E-state index contributed by atoms with van der Waals surface area (Å²) in [7, 11) is 0. The summed E-state index contributed by atoms with van der Waals surface area (Å²) in [4.78, 5) is 50.1. The van der Waals surface area contributed by atoms with Crippen LogP contribution in [-0.4, -0.2) is 46.3 Å². The van der Waals surface area contributed by atoms with E-state index in [4.69, 9.17) is 18.9 Å². The minimum atomic E-state index is -0.356. The first-order chi connectivity index (χ1) is 36.8. The lowest BCUT2D eigenvalue weighted by Gasteiger charge is -2.49. The van der Waals surface area contributed by atoms with E-state index >= 15 is 0 Å². The van der Waals surface area contributed by atoms with Crippen molar-refractivity contribution in [3.8, 4) is 0 Å². The largest absolute Gasteiger partial charge is 0.458 e. The van der Waals surface area contributed by atoms with Crippen molar-refractivity contribution >= 4 is 23.9 Å². The van der Waals surface area contributed by atoms with E-state index in [9.17, 15) is 19.2 Å². The molecule has 9 fully saturated rings. The fourth-order valence-corrected chi connectivity index (χ4v) is 17.2. The first-order valence-corrected chi connectivity index (χ1v) is 33.7. The van der Waals surface area contributed by atoms with Crippen molar-refractivity contribution in [3.05, 3.63) is 0 Å². The van der Waals surface area contributed by atoms with Crippen molar-refractivity contribution in [1.82, 2.24) is 0 Å². The van der Waals surface area contributed by atoms with Gasteiger partial charge in [-0.05, 0) is 261 Å². The van der Waals surface area contributed by atoms with Gasteiger partial charge < -0.3 is 18.9 Å². The summed E-state index contributed by atoms with van der Waals surface area (Å²) in [6.07, 6.45) is 29.9. The Labute approximate surface area is 485 Å². The Kier molecular flexibility index (Phi) is 21.4. The maximum Gasteiger partial charge on any atom is 0.312 e. The highest BCUT2D eigenvalue weighted by Gasteiger charge is 2.69. The summed E-state index contributed by atoms with van der Waals surface area (Å²) in [5.41, 5.74) is -2.12. The molecule has 13 atom stereocenters. The van der Waals surface area contributed by atoms with Crippen molar-refractivity contribution < 1.29 is 38.1 Å². The van der Waals surface area contributed by atoms with E-state index < -0.39 is 0 Å². The van der Waals surface area contributed by atoms with E-state index in [-0.39, 0.29) is 67.9 Å². The van der Waals surface area contributed by atoms with E-state index in [0.29, 0.717) is 35.5 Å². The quantitative estimate of drug-likeness (QED) is 0.0855. The summed E-state index contributed by atoms with van der Waals surface area (Å²) in [5.74, 6) is 10.1. The van der Waals surface area contributed by atoms with Crippen molar-refractivity contribution in [2.75, 3.05) is 0 Å². The van der Waals surface area contributed by atoms with Crippen molar-refractivity contribution in [2.45, 2.75) is 321 Å². The molecule has 0 aromatic carbocycles. The van der Waals surface area contributed by atoms with Crippen LogP contribution in [0.1, 0.15) is 299 Å². The van der Waals surface area contributed by atoms with Crippen LogP contribution in [0.5, 0.6) is 0 Å². The molecular weight excluding hydrogens is 981 g/mol. The van der Waals surface area contributed by atoms with Gasteiger partial charge in [0, 0.05) is 5.92 Å². The van der Waals surface area contributed by atoms with Crippen molar-refractivity contribution in [3.63, 3.8) is 0 Å². The van der Waals surface area contributed by atoms with Gasteiger partial charge in [-0.25, -0.2) is 0 Å². The molecule has 13 unspecified atom stereocenters. The lowest BCUT2D eigenvalue weighted by molar-refractivity contribution is -0.191. The highest BCUT2D eigenvalue weighted by Crippen LogP contribution is 2.71. The minimum Gasteiger partial charge on any atom is -0.458 e. The Morgan fingerprint density at radius 2 is 0.848 bits per heavy atom. The topological polar surface area (TPSA) is 105 Å². The Morgan fingerprint density at radius 3 is 1.29 bits per heavy atom. The van der Waals surface area contributed by atoms with Gasteiger partial charge in [0.2, 0.25) is 0 Å². The van der Waals surface area contributed by atoms with E-state index in [0.717, 1.165) is 112 Å². The lowest BCUT2D eigenvalue weighted by atomic mass is 9.63. The van der Waals surface area contributed by atoms with Crippen LogP contribution in [0.2, 0.25) is 0 Å². The zero-order chi connectivity index (χ0) is 58.9. The molecule has 79 heavy (non-hydrogen) atoms. The highest BCUT2D eigenvalue weighted by molar-refractivity contribution is 5.78. The third kappa shape index (κ3) is 13.7. The predicted octanol–water partition coefficient (Wildman–Crippen LogP) is 18.9. The molecule has 456 valence electrons. The Balaban J connectivity index is 0.000000172.